The van der Waals surface area contributed by atoms with E-state index in [1.54, 1.807) is 0 Å². The molecule has 106 valence electrons. The lowest BCUT2D eigenvalue weighted by molar-refractivity contribution is 1.13. The molecule has 0 aliphatic rings. The Morgan fingerprint density at radius 2 is 1.86 bits per heavy atom. The van der Waals surface area contributed by atoms with Crippen LogP contribution in [0.2, 0.25) is 10.2 Å². The fourth-order valence-electron chi connectivity index (χ4n) is 2.29. The fourth-order valence-corrected chi connectivity index (χ4v) is 2.68. The summed E-state index contributed by atoms with van der Waals surface area (Å²) < 4.78 is 0. The van der Waals surface area contributed by atoms with Crippen LogP contribution in [-0.2, 0) is 6.54 Å². The van der Waals surface area contributed by atoms with Crippen molar-refractivity contribution in [2.75, 3.05) is 5.32 Å². The number of nitrogens with zero attached hydrogens (tertiary/aromatic N) is 1. The molecule has 0 fully saturated rings. The molecule has 1 aromatic heterocycles. The van der Waals surface area contributed by atoms with Crippen molar-refractivity contribution in [2.45, 2.75) is 13.5 Å². The van der Waals surface area contributed by atoms with Crippen molar-refractivity contribution in [2.24, 2.45) is 0 Å². The predicted octanol–water partition coefficient (Wildman–Crippen LogP) is 5.46. The van der Waals surface area contributed by atoms with E-state index in [0.717, 1.165) is 27.7 Å². The van der Waals surface area contributed by atoms with E-state index in [2.05, 4.69) is 22.4 Å². The molecule has 2 aromatic carbocycles. The third kappa shape index (κ3) is 3.12. The van der Waals surface area contributed by atoms with E-state index in [1.807, 2.05) is 43.3 Å². The molecule has 4 heteroatoms. The van der Waals surface area contributed by atoms with Gasteiger partial charge in [0.25, 0.3) is 0 Å². The van der Waals surface area contributed by atoms with Gasteiger partial charge < -0.3 is 5.32 Å². The van der Waals surface area contributed by atoms with Crippen molar-refractivity contribution in [3.05, 3.63) is 69.8 Å². The maximum Gasteiger partial charge on any atom is 0.134 e. The third-order valence-electron chi connectivity index (χ3n) is 3.38. The van der Waals surface area contributed by atoms with Gasteiger partial charge in [0, 0.05) is 28.2 Å². The van der Waals surface area contributed by atoms with Crippen LogP contribution in [0.1, 0.15) is 11.1 Å². The van der Waals surface area contributed by atoms with Gasteiger partial charge in [0.05, 0.1) is 5.52 Å². The van der Waals surface area contributed by atoms with Gasteiger partial charge in [-0.3, -0.25) is 0 Å². The summed E-state index contributed by atoms with van der Waals surface area (Å²) in [4.78, 5) is 4.50. The Balaban J connectivity index is 1.89. The number of pyridine rings is 1. The largest absolute Gasteiger partial charge is 0.381 e. The van der Waals surface area contributed by atoms with Crippen LogP contribution in [0, 0.1) is 6.92 Å². The van der Waals surface area contributed by atoms with Crippen LogP contribution in [-0.4, -0.2) is 4.98 Å². The minimum atomic E-state index is 0.534. The number of nitrogens with one attached hydrogen (secondary N) is 1. The van der Waals surface area contributed by atoms with Crippen molar-refractivity contribution < 1.29 is 0 Å². The lowest BCUT2D eigenvalue weighted by Crippen LogP contribution is -2.01. The summed E-state index contributed by atoms with van der Waals surface area (Å²) >= 11 is 12.3. The predicted molar refractivity (Wildman–Crippen MR) is 90.3 cm³/mol. The van der Waals surface area contributed by atoms with Gasteiger partial charge in [-0.15, -0.1) is 0 Å². The number of hydrogen-bond acceptors (Lipinski definition) is 2. The van der Waals surface area contributed by atoms with Crippen molar-refractivity contribution in [1.82, 2.24) is 4.98 Å². The quantitative estimate of drug-likeness (QED) is 0.649. The maximum atomic E-state index is 6.30. The van der Waals surface area contributed by atoms with E-state index < -0.39 is 0 Å². The molecular weight excluding hydrogens is 303 g/mol. The molecule has 21 heavy (non-hydrogen) atoms. The summed E-state index contributed by atoms with van der Waals surface area (Å²) in [5.41, 5.74) is 4.01. The number of benzene rings is 2. The molecule has 0 radical (unpaired) electrons. The number of rotatable bonds is 3. The average molecular weight is 317 g/mol. The Morgan fingerprint density at radius 1 is 1.05 bits per heavy atom. The topological polar surface area (TPSA) is 24.9 Å². The molecule has 0 saturated heterocycles. The second-order valence-electron chi connectivity index (χ2n) is 4.95. The van der Waals surface area contributed by atoms with Crippen LogP contribution in [0.5, 0.6) is 0 Å². The number of aromatic nitrogens is 1. The van der Waals surface area contributed by atoms with Gasteiger partial charge in [0.2, 0.25) is 0 Å². The van der Waals surface area contributed by atoms with Crippen LogP contribution >= 0.6 is 23.2 Å². The first-order valence-electron chi connectivity index (χ1n) is 6.68. The Morgan fingerprint density at radius 3 is 2.67 bits per heavy atom. The molecule has 0 saturated carbocycles. The molecule has 0 bridgehead atoms. The molecule has 3 rings (SSSR count). The van der Waals surface area contributed by atoms with Gasteiger partial charge in [-0.1, -0.05) is 47.5 Å². The molecular formula is C17H14Cl2N2. The average Bonchev–Trinajstić information content (AvgIpc) is 2.46. The van der Waals surface area contributed by atoms with E-state index in [0.29, 0.717) is 16.7 Å². The molecule has 1 heterocycles. The van der Waals surface area contributed by atoms with Gasteiger partial charge in [-0.2, -0.15) is 0 Å². The van der Waals surface area contributed by atoms with E-state index >= 15 is 0 Å². The minimum Gasteiger partial charge on any atom is -0.381 e. The van der Waals surface area contributed by atoms with Crippen molar-refractivity contribution in [1.29, 1.82) is 0 Å². The number of halogens is 2. The molecule has 0 aliphatic heterocycles. The molecule has 2 nitrogen and oxygen atoms in total. The number of para-hydroxylation sites is 1. The lowest BCUT2D eigenvalue weighted by Gasteiger charge is -2.10. The van der Waals surface area contributed by atoms with Crippen molar-refractivity contribution in [3.8, 4) is 0 Å². The van der Waals surface area contributed by atoms with E-state index in [4.69, 9.17) is 23.2 Å². The first kappa shape index (κ1) is 14.2. The highest BCUT2D eigenvalue weighted by atomic mass is 35.5. The monoisotopic (exact) mass is 316 g/mol. The Labute approximate surface area is 133 Å². The molecule has 0 amide bonds. The van der Waals surface area contributed by atoms with Gasteiger partial charge in [-0.05, 0) is 36.8 Å². The zero-order valence-electron chi connectivity index (χ0n) is 11.5. The molecule has 0 unspecified atom stereocenters. The highest BCUT2D eigenvalue weighted by Gasteiger charge is 2.06. The zero-order chi connectivity index (χ0) is 14.8. The van der Waals surface area contributed by atoms with E-state index in [1.165, 1.54) is 0 Å². The van der Waals surface area contributed by atoms with Gasteiger partial charge in [0.1, 0.15) is 5.15 Å². The van der Waals surface area contributed by atoms with Crippen LogP contribution < -0.4 is 5.32 Å². The van der Waals surface area contributed by atoms with E-state index in [9.17, 15) is 0 Å². The van der Waals surface area contributed by atoms with Gasteiger partial charge in [0.15, 0.2) is 0 Å². The van der Waals surface area contributed by atoms with E-state index in [-0.39, 0.29) is 0 Å². The second kappa shape index (κ2) is 5.92. The normalized spacial score (nSPS) is 10.8. The number of fused-ring (bicyclic) bond motifs is 1. The lowest BCUT2D eigenvalue weighted by atomic mass is 10.1. The van der Waals surface area contributed by atoms with Crippen LogP contribution in [0.4, 0.5) is 5.69 Å². The fraction of sp³-hybridized carbons (Fsp3) is 0.118. The third-order valence-corrected chi connectivity index (χ3v) is 3.94. The highest BCUT2D eigenvalue weighted by molar-refractivity contribution is 6.31. The Kier molecular flexibility index (Phi) is 4.00. The SMILES string of the molecule is Cc1cccc2cc(CNc3cccc(Cl)c3)c(Cl)nc12. The highest BCUT2D eigenvalue weighted by Crippen LogP contribution is 2.24. The number of hydrogen-bond donors (Lipinski definition) is 1. The summed E-state index contributed by atoms with van der Waals surface area (Å²) in [6.07, 6.45) is 0. The summed E-state index contributed by atoms with van der Waals surface area (Å²) in [6, 6.07) is 15.8. The smallest absolute Gasteiger partial charge is 0.134 e. The van der Waals surface area contributed by atoms with Crippen LogP contribution in [0.25, 0.3) is 10.9 Å². The van der Waals surface area contributed by atoms with Crippen LogP contribution in [0.3, 0.4) is 0 Å². The van der Waals surface area contributed by atoms with Crippen LogP contribution in [0.15, 0.2) is 48.5 Å². The first-order chi connectivity index (χ1) is 10.1. The number of aryl methyl sites for hydroxylation is 1. The Bertz CT molecular complexity index is 800. The van der Waals surface area contributed by atoms with Crippen molar-refractivity contribution in [3.63, 3.8) is 0 Å². The molecule has 0 atom stereocenters. The number of anilines is 1. The summed E-state index contributed by atoms with van der Waals surface area (Å²) in [5, 5.41) is 5.65. The second-order valence-corrected chi connectivity index (χ2v) is 5.74. The van der Waals surface area contributed by atoms with Crippen molar-refractivity contribution >= 4 is 39.8 Å². The summed E-state index contributed by atoms with van der Waals surface area (Å²) in [6.45, 7) is 2.64. The minimum absolute atomic E-state index is 0.534. The standard InChI is InChI=1S/C17H14Cl2N2/c1-11-4-2-5-12-8-13(17(19)21-16(11)12)10-20-15-7-3-6-14(18)9-15/h2-9,20H,10H2,1H3. The molecule has 0 aliphatic carbocycles. The first-order valence-corrected chi connectivity index (χ1v) is 7.43. The summed E-state index contributed by atoms with van der Waals surface area (Å²) in [5.74, 6) is 0. The molecule has 3 aromatic rings. The summed E-state index contributed by atoms with van der Waals surface area (Å²) in [7, 11) is 0. The van der Waals surface area contributed by atoms with Gasteiger partial charge >= 0.3 is 0 Å². The molecule has 0 spiro atoms. The van der Waals surface area contributed by atoms with Gasteiger partial charge in [-0.25, -0.2) is 4.98 Å². The zero-order valence-corrected chi connectivity index (χ0v) is 13.0. The molecule has 1 N–H and O–H groups in total. The maximum absolute atomic E-state index is 6.30. The Hall–Kier alpha value is -1.77.